The van der Waals surface area contributed by atoms with Gasteiger partial charge < -0.3 is 24.4 Å². The molecule has 8 nitrogen and oxygen atoms in total. The predicted molar refractivity (Wildman–Crippen MR) is 131 cm³/mol. The van der Waals surface area contributed by atoms with Crippen molar-refractivity contribution in [3.05, 3.63) is 47.9 Å². The number of nitrogens with zero attached hydrogens (tertiary/aromatic N) is 6. The second-order valence-corrected chi connectivity index (χ2v) is 9.58. The average molecular weight is 520 g/mol. The van der Waals surface area contributed by atoms with Gasteiger partial charge in [-0.05, 0) is 45.1 Å². The summed E-state index contributed by atoms with van der Waals surface area (Å²) in [5.41, 5.74) is -0.633. The van der Waals surface area contributed by atoms with Crippen molar-refractivity contribution < 1.29 is 22.3 Å². The Morgan fingerprint density at radius 3 is 2.68 bits per heavy atom. The van der Waals surface area contributed by atoms with Crippen molar-refractivity contribution in [1.29, 1.82) is 0 Å². The maximum Gasteiger partial charge on any atom is 0.419 e. The molecule has 198 valence electrons. The molecule has 0 atom stereocenters. The summed E-state index contributed by atoms with van der Waals surface area (Å²) in [6, 6.07) is 3.04. The number of benzene rings is 1. The van der Waals surface area contributed by atoms with Gasteiger partial charge in [0.05, 0.1) is 17.8 Å². The zero-order chi connectivity index (χ0) is 26.2. The van der Waals surface area contributed by atoms with Gasteiger partial charge in [-0.15, -0.1) is 0 Å². The van der Waals surface area contributed by atoms with E-state index < -0.39 is 17.6 Å². The summed E-state index contributed by atoms with van der Waals surface area (Å²) in [4.78, 5) is 17.7. The maximum absolute atomic E-state index is 13.9. The third kappa shape index (κ3) is 5.34. The standard InChI is InChI=1S/C25H29F4N7O/c1-34(2)10-11-36-14-20(17-3-4-19(26)18(13-17)25(27,28)29)33-23(36)16-5-8-35(9-6-16)24-21-22(31-15-32-24)30-7-12-37-21/h3-4,13-16H,5-12H2,1-2H3,(H,30,31,32). The van der Waals surface area contributed by atoms with Gasteiger partial charge in [0.2, 0.25) is 5.75 Å². The molecular weight excluding hydrogens is 490 g/mol. The molecule has 2 aromatic heterocycles. The summed E-state index contributed by atoms with van der Waals surface area (Å²) < 4.78 is 61.7. The highest BCUT2D eigenvalue weighted by Crippen LogP contribution is 2.38. The Bertz CT molecular complexity index is 1250. The molecule has 12 heteroatoms. The predicted octanol–water partition coefficient (Wildman–Crippen LogP) is 4.25. The van der Waals surface area contributed by atoms with E-state index in [-0.39, 0.29) is 11.5 Å². The summed E-state index contributed by atoms with van der Waals surface area (Å²) >= 11 is 0. The summed E-state index contributed by atoms with van der Waals surface area (Å²) in [6.45, 7) is 4.08. The van der Waals surface area contributed by atoms with Crippen molar-refractivity contribution in [2.75, 3.05) is 57.1 Å². The summed E-state index contributed by atoms with van der Waals surface area (Å²) in [6.07, 6.45) is 0.116. The van der Waals surface area contributed by atoms with E-state index in [1.807, 2.05) is 23.6 Å². The minimum atomic E-state index is -4.78. The topological polar surface area (TPSA) is 71.3 Å². The summed E-state index contributed by atoms with van der Waals surface area (Å²) in [7, 11) is 3.93. The van der Waals surface area contributed by atoms with Crippen molar-refractivity contribution in [2.45, 2.75) is 31.5 Å². The molecule has 1 saturated heterocycles. The molecule has 0 saturated carbocycles. The Labute approximate surface area is 212 Å². The lowest BCUT2D eigenvalue weighted by molar-refractivity contribution is -0.139. The molecule has 4 heterocycles. The number of ether oxygens (including phenoxy) is 1. The Hall–Kier alpha value is -3.41. The van der Waals surface area contributed by atoms with E-state index in [4.69, 9.17) is 9.72 Å². The molecule has 1 N–H and O–H groups in total. The van der Waals surface area contributed by atoms with E-state index >= 15 is 0 Å². The van der Waals surface area contributed by atoms with Crippen molar-refractivity contribution in [1.82, 2.24) is 24.4 Å². The Morgan fingerprint density at radius 1 is 1.16 bits per heavy atom. The molecule has 0 bridgehead atoms. The molecule has 2 aliphatic rings. The number of anilines is 2. The van der Waals surface area contributed by atoms with E-state index in [0.29, 0.717) is 37.0 Å². The molecule has 2 aliphatic heterocycles. The van der Waals surface area contributed by atoms with Gasteiger partial charge in [0.25, 0.3) is 0 Å². The normalized spacial score (nSPS) is 16.5. The molecule has 3 aromatic rings. The zero-order valence-electron chi connectivity index (χ0n) is 20.7. The molecular formula is C25H29F4N7O. The molecule has 0 amide bonds. The number of piperidine rings is 1. The minimum Gasteiger partial charge on any atom is -0.485 e. The van der Waals surface area contributed by atoms with E-state index in [1.165, 1.54) is 12.4 Å². The number of halogens is 4. The van der Waals surface area contributed by atoms with Crippen LogP contribution >= 0.6 is 0 Å². The van der Waals surface area contributed by atoms with Gasteiger partial charge in [-0.2, -0.15) is 13.2 Å². The van der Waals surface area contributed by atoms with Crippen LogP contribution in [0.1, 0.15) is 30.1 Å². The van der Waals surface area contributed by atoms with Crippen LogP contribution in [0.4, 0.5) is 29.2 Å². The third-order valence-corrected chi connectivity index (χ3v) is 6.75. The van der Waals surface area contributed by atoms with Crippen LogP contribution in [0.15, 0.2) is 30.7 Å². The SMILES string of the molecule is CN(C)CCn1cc(-c2ccc(F)c(C(F)(F)F)c2)nc1C1CCN(c2ncnc3c2OCCN3)CC1. The van der Waals surface area contributed by atoms with Gasteiger partial charge in [-0.3, -0.25) is 0 Å². The van der Waals surface area contributed by atoms with E-state index in [2.05, 4.69) is 20.2 Å². The first-order valence-electron chi connectivity index (χ1n) is 12.3. The van der Waals surface area contributed by atoms with Crippen molar-refractivity contribution >= 4 is 11.6 Å². The fraction of sp³-hybridized carbons (Fsp3) is 0.480. The minimum absolute atomic E-state index is 0.117. The monoisotopic (exact) mass is 519 g/mol. The molecule has 5 rings (SSSR count). The summed E-state index contributed by atoms with van der Waals surface area (Å²) in [5.74, 6) is 1.78. The summed E-state index contributed by atoms with van der Waals surface area (Å²) in [5, 5.41) is 3.23. The van der Waals surface area contributed by atoms with E-state index in [1.54, 1.807) is 6.20 Å². The van der Waals surface area contributed by atoms with Crippen LogP contribution in [0, 0.1) is 5.82 Å². The van der Waals surface area contributed by atoms with Gasteiger partial charge in [0, 0.05) is 43.9 Å². The smallest absolute Gasteiger partial charge is 0.419 e. The first-order chi connectivity index (χ1) is 17.7. The van der Waals surface area contributed by atoms with Crippen LogP contribution in [0.25, 0.3) is 11.3 Å². The molecule has 0 spiro atoms. The van der Waals surface area contributed by atoms with Crippen molar-refractivity contribution in [2.24, 2.45) is 0 Å². The van der Waals surface area contributed by atoms with Gasteiger partial charge in [-0.25, -0.2) is 19.3 Å². The van der Waals surface area contributed by atoms with Gasteiger partial charge in [0.1, 0.15) is 24.6 Å². The lowest BCUT2D eigenvalue weighted by Gasteiger charge is -2.34. The number of aromatic nitrogens is 4. The average Bonchev–Trinajstić information content (AvgIpc) is 3.31. The molecule has 1 aromatic carbocycles. The second kappa shape index (κ2) is 10.2. The Kier molecular flexibility index (Phi) is 6.93. The largest absolute Gasteiger partial charge is 0.485 e. The number of fused-ring (bicyclic) bond motifs is 1. The van der Waals surface area contributed by atoms with Crippen LogP contribution in [-0.2, 0) is 12.7 Å². The number of hydrogen-bond acceptors (Lipinski definition) is 7. The number of rotatable bonds is 6. The zero-order valence-corrected chi connectivity index (χ0v) is 20.7. The van der Waals surface area contributed by atoms with Crippen molar-refractivity contribution in [3.63, 3.8) is 0 Å². The van der Waals surface area contributed by atoms with Gasteiger partial charge >= 0.3 is 6.18 Å². The van der Waals surface area contributed by atoms with Crippen LogP contribution in [0.3, 0.4) is 0 Å². The van der Waals surface area contributed by atoms with E-state index in [9.17, 15) is 17.6 Å². The first-order valence-corrected chi connectivity index (χ1v) is 12.3. The maximum atomic E-state index is 13.9. The van der Waals surface area contributed by atoms with Gasteiger partial charge in [-0.1, -0.05) is 0 Å². The van der Waals surface area contributed by atoms with Crippen LogP contribution < -0.4 is 15.0 Å². The molecule has 0 unspecified atom stereocenters. The Morgan fingerprint density at radius 2 is 1.95 bits per heavy atom. The van der Waals surface area contributed by atoms with Crippen LogP contribution in [-0.4, -0.2) is 71.3 Å². The van der Waals surface area contributed by atoms with Crippen molar-refractivity contribution in [3.8, 4) is 17.0 Å². The number of hydrogen-bond donors (Lipinski definition) is 1. The quantitative estimate of drug-likeness (QED) is 0.489. The molecule has 0 radical (unpaired) electrons. The first kappa shape index (κ1) is 25.2. The number of imidazole rings is 1. The fourth-order valence-electron chi connectivity index (χ4n) is 4.80. The van der Waals surface area contributed by atoms with Gasteiger partial charge in [0.15, 0.2) is 11.6 Å². The van der Waals surface area contributed by atoms with E-state index in [0.717, 1.165) is 56.3 Å². The molecule has 1 fully saturated rings. The fourth-order valence-corrected chi connectivity index (χ4v) is 4.80. The van der Waals surface area contributed by atoms with Crippen LogP contribution in [0.2, 0.25) is 0 Å². The molecule has 0 aliphatic carbocycles. The second-order valence-electron chi connectivity index (χ2n) is 9.58. The highest BCUT2D eigenvalue weighted by molar-refractivity contribution is 5.66. The molecule has 37 heavy (non-hydrogen) atoms. The Balaban J connectivity index is 1.40. The highest BCUT2D eigenvalue weighted by Gasteiger charge is 2.35. The number of likely N-dealkylation sites (N-methyl/N-ethyl adjacent to an activating group) is 1. The lowest BCUT2D eigenvalue weighted by atomic mass is 9.95. The number of alkyl halides is 3. The van der Waals surface area contributed by atoms with Crippen LogP contribution in [0.5, 0.6) is 5.75 Å². The number of nitrogens with one attached hydrogen (secondary N) is 1. The lowest BCUT2D eigenvalue weighted by Crippen LogP contribution is -2.35. The third-order valence-electron chi connectivity index (χ3n) is 6.75. The highest BCUT2D eigenvalue weighted by atomic mass is 19.4.